The van der Waals surface area contributed by atoms with Crippen LogP contribution in [0, 0.1) is 17.0 Å². The van der Waals surface area contributed by atoms with E-state index in [2.05, 4.69) is 5.32 Å². The van der Waals surface area contributed by atoms with Crippen molar-refractivity contribution in [2.24, 2.45) is 0 Å². The van der Waals surface area contributed by atoms with Gasteiger partial charge in [0.05, 0.1) is 10.6 Å². The van der Waals surface area contributed by atoms with Crippen LogP contribution in [0.1, 0.15) is 41.3 Å². The number of nitrogens with zero attached hydrogens (tertiary/aromatic N) is 1. The van der Waals surface area contributed by atoms with Crippen LogP contribution in [-0.4, -0.2) is 15.9 Å². The van der Waals surface area contributed by atoms with Gasteiger partial charge in [-0.1, -0.05) is 26.0 Å². The lowest BCUT2D eigenvalue weighted by Gasteiger charge is -2.11. The number of hydrogen-bond acceptors (Lipinski definition) is 4. The minimum atomic E-state index is -0.525. The van der Waals surface area contributed by atoms with Gasteiger partial charge in [-0.2, -0.15) is 0 Å². The Bertz CT molecular complexity index is 769. The van der Waals surface area contributed by atoms with Crippen molar-refractivity contribution in [3.8, 4) is 5.75 Å². The number of benzene rings is 2. The summed E-state index contributed by atoms with van der Waals surface area (Å²) in [6.07, 6.45) is 0. The maximum absolute atomic E-state index is 12.3. The fourth-order valence-corrected chi connectivity index (χ4v) is 2.15. The quantitative estimate of drug-likeness (QED) is 0.507. The smallest absolute Gasteiger partial charge is 0.273 e. The van der Waals surface area contributed by atoms with Gasteiger partial charge in [-0.15, -0.1) is 0 Å². The minimum absolute atomic E-state index is 0.0515. The number of phenolic OH excluding ortho intramolecular Hbond substituents is 1. The van der Waals surface area contributed by atoms with Crippen LogP contribution in [0.25, 0.3) is 0 Å². The van der Waals surface area contributed by atoms with E-state index in [1.807, 2.05) is 13.8 Å². The number of hydrogen-bond donors (Lipinski definition) is 2. The van der Waals surface area contributed by atoms with Crippen molar-refractivity contribution >= 4 is 17.3 Å². The number of carbonyl (C=O) groups excluding carboxylic acids is 1. The van der Waals surface area contributed by atoms with Crippen molar-refractivity contribution in [1.82, 2.24) is 0 Å². The minimum Gasteiger partial charge on any atom is -0.506 e. The molecule has 2 N–H and O–H groups in total. The molecule has 0 aromatic heterocycles. The molecule has 0 unspecified atom stereocenters. The molecule has 0 saturated heterocycles. The molecule has 0 atom stereocenters. The SMILES string of the molecule is Cc1ccc(C(=O)Nc2cc(C(C)C)ccc2O)cc1[N+](=O)[O-]. The first-order valence-corrected chi connectivity index (χ1v) is 7.19. The second-order valence-corrected chi connectivity index (χ2v) is 5.64. The maximum atomic E-state index is 12.3. The fourth-order valence-electron chi connectivity index (χ4n) is 2.15. The summed E-state index contributed by atoms with van der Waals surface area (Å²) < 4.78 is 0. The Morgan fingerprint density at radius 2 is 1.91 bits per heavy atom. The molecular weight excluding hydrogens is 296 g/mol. The highest BCUT2D eigenvalue weighted by Crippen LogP contribution is 2.28. The molecule has 2 aromatic carbocycles. The number of phenols is 1. The van der Waals surface area contributed by atoms with Crippen LogP contribution >= 0.6 is 0 Å². The zero-order valence-corrected chi connectivity index (χ0v) is 13.2. The van der Waals surface area contributed by atoms with Crippen molar-refractivity contribution in [3.63, 3.8) is 0 Å². The summed E-state index contributed by atoms with van der Waals surface area (Å²) in [6, 6.07) is 9.27. The molecule has 0 aliphatic heterocycles. The summed E-state index contributed by atoms with van der Waals surface area (Å²) in [5.74, 6) is -0.319. The standard InChI is InChI=1S/C17H18N2O4/c1-10(2)12-6-7-16(20)14(8-12)18-17(21)13-5-4-11(3)15(9-13)19(22)23/h4-10,20H,1-3H3,(H,18,21). The van der Waals surface area contributed by atoms with Crippen molar-refractivity contribution in [2.75, 3.05) is 5.32 Å². The molecule has 120 valence electrons. The van der Waals surface area contributed by atoms with Crippen molar-refractivity contribution in [2.45, 2.75) is 26.7 Å². The third-order valence-corrected chi connectivity index (χ3v) is 3.60. The number of aryl methyl sites for hydroxylation is 1. The Kier molecular flexibility index (Phi) is 4.64. The van der Waals surface area contributed by atoms with Gasteiger partial charge in [0.25, 0.3) is 11.6 Å². The van der Waals surface area contributed by atoms with E-state index in [0.717, 1.165) is 5.56 Å². The molecule has 0 fully saturated rings. The number of nitro benzene ring substituents is 1. The third-order valence-electron chi connectivity index (χ3n) is 3.60. The summed E-state index contributed by atoms with van der Waals surface area (Å²) in [5.41, 5.74) is 1.78. The third kappa shape index (κ3) is 3.66. The molecule has 1 amide bonds. The largest absolute Gasteiger partial charge is 0.506 e. The molecule has 6 heteroatoms. The number of amides is 1. The normalized spacial score (nSPS) is 10.6. The molecule has 0 spiro atoms. The summed E-state index contributed by atoms with van der Waals surface area (Å²) in [6.45, 7) is 5.61. The number of nitro groups is 1. The second-order valence-electron chi connectivity index (χ2n) is 5.64. The van der Waals surface area contributed by atoms with E-state index >= 15 is 0 Å². The van der Waals surface area contributed by atoms with Crippen LogP contribution in [0.5, 0.6) is 5.75 Å². The molecule has 0 aliphatic carbocycles. The van der Waals surface area contributed by atoms with Gasteiger partial charge in [0.15, 0.2) is 0 Å². The Morgan fingerprint density at radius 3 is 2.52 bits per heavy atom. The average molecular weight is 314 g/mol. The van der Waals surface area contributed by atoms with Crippen LogP contribution in [-0.2, 0) is 0 Å². The number of carbonyl (C=O) groups is 1. The van der Waals surface area contributed by atoms with Gasteiger partial charge in [-0.05, 0) is 36.6 Å². The van der Waals surface area contributed by atoms with E-state index in [4.69, 9.17) is 0 Å². The van der Waals surface area contributed by atoms with Crippen LogP contribution in [0.4, 0.5) is 11.4 Å². The molecule has 0 saturated carbocycles. The van der Waals surface area contributed by atoms with Crippen LogP contribution in [0.2, 0.25) is 0 Å². The highest BCUT2D eigenvalue weighted by atomic mass is 16.6. The Morgan fingerprint density at radius 1 is 1.22 bits per heavy atom. The Hall–Kier alpha value is -2.89. The molecule has 2 aromatic rings. The zero-order chi connectivity index (χ0) is 17.1. The fraction of sp³-hybridized carbons (Fsp3) is 0.235. The predicted octanol–water partition coefficient (Wildman–Crippen LogP) is 3.98. The number of anilines is 1. The van der Waals surface area contributed by atoms with Crippen molar-refractivity contribution < 1.29 is 14.8 Å². The lowest BCUT2D eigenvalue weighted by atomic mass is 10.0. The summed E-state index contributed by atoms with van der Waals surface area (Å²) in [5, 5.41) is 23.4. The molecule has 0 heterocycles. The van der Waals surface area contributed by atoms with Gasteiger partial charge in [-0.3, -0.25) is 14.9 Å². The molecule has 0 aliphatic rings. The van der Waals surface area contributed by atoms with E-state index in [0.29, 0.717) is 5.56 Å². The number of nitrogens with one attached hydrogen (secondary N) is 1. The first-order valence-electron chi connectivity index (χ1n) is 7.19. The molecule has 0 radical (unpaired) electrons. The molecule has 23 heavy (non-hydrogen) atoms. The number of aromatic hydroxyl groups is 1. The maximum Gasteiger partial charge on any atom is 0.273 e. The topological polar surface area (TPSA) is 92.5 Å². The highest BCUT2D eigenvalue weighted by molar-refractivity contribution is 6.05. The highest BCUT2D eigenvalue weighted by Gasteiger charge is 2.16. The molecule has 2 rings (SSSR count). The van der Waals surface area contributed by atoms with Crippen molar-refractivity contribution in [1.29, 1.82) is 0 Å². The zero-order valence-electron chi connectivity index (χ0n) is 13.2. The first-order chi connectivity index (χ1) is 10.8. The van der Waals surface area contributed by atoms with Gasteiger partial charge in [0, 0.05) is 17.2 Å². The Balaban J connectivity index is 2.31. The monoisotopic (exact) mass is 314 g/mol. The van der Waals surface area contributed by atoms with Crippen molar-refractivity contribution in [3.05, 3.63) is 63.2 Å². The number of rotatable bonds is 4. The van der Waals surface area contributed by atoms with Crippen LogP contribution in [0.15, 0.2) is 36.4 Å². The van der Waals surface area contributed by atoms with E-state index in [9.17, 15) is 20.0 Å². The van der Waals surface area contributed by atoms with Gasteiger partial charge in [0.2, 0.25) is 0 Å². The summed E-state index contributed by atoms with van der Waals surface area (Å²) in [7, 11) is 0. The second kappa shape index (κ2) is 6.48. The molecular formula is C17H18N2O4. The molecule has 6 nitrogen and oxygen atoms in total. The van der Waals surface area contributed by atoms with E-state index in [1.165, 1.54) is 24.3 Å². The summed E-state index contributed by atoms with van der Waals surface area (Å²) in [4.78, 5) is 22.7. The van der Waals surface area contributed by atoms with Gasteiger partial charge < -0.3 is 10.4 Å². The summed E-state index contributed by atoms with van der Waals surface area (Å²) >= 11 is 0. The van der Waals surface area contributed by atoms with Gasteiger partial charge >= 0.3 is 0 Å². The van der Waals surface area contributed by atoms with Gasteiger partial charge in [0.1, 0.15) is 5.75 Å². The first kappa shape index (κ1) is 16.5. The lowest BCUT2D eigenvalue weighted by Crippen LogP contribution is -2.13. The van der Waals surface area contributed by atoms with E-state index < -0.39 is 10.8 Å². The average Bonchev–Trinajstić information content (AvgIpc) is 2.49. The molecule has 0 bridgehead atoms. The van der Waals surface area contributed by atoms with E-state index in [1.54, 1.807) is 19.1 Å². The van der Waals surface area contributed by atoms with Crippen LogP contribution < -0.4 is 5.32 Å². The predicted molar refractivity (Wildman–Crippen MR) is 88.0 cm³/mol. The van der Waals surface area contributed by atoms with Gasteiger partial charge in [-0.25, -0.2) is 0 Å². The Labute approximate surface area is 133 Å². The lowest BCUT2D eigenvalue weighted by molar-refractivity contribution is -0.385. The van der Waals surface area contributed by atoms with E-state index in [-0.39, 0.29) is 28.6 Å². The van der Waals surface area contributed by atoms with Crippen LogP contribution in [0.3, 0.4) is 0 Å².